The molecule has 0 radical (unpaired) electrons. The lowest BCUT2D eigenvalue weighted by Crippen LogP contribution is -2.27. The van der Waals surface area contributed by atoms with Crippen molar-refractivity contribution >= 4 is 11.9 Å². The van der Waals surface area contributed by atoms with Gasteiger partial charge < -0.3 is 14.5 Å². The van der Waals surface area contributed by atoms with Crippen LogP contribution in [0.3, 0.4) is 0 Å². The standard InChI is InChI=1S/C12H17NO4/c1-8(2)17-11(14)4-6-13-12(15)10-5-7-16-9(10)3/h5,7-8H,4,6H2,1-3H3,(H,13,15). The molecule has 0 fully saturated rings. The first-order valence-electron chi connectivity index (χ1n) is 5.52. The average molecular weight is 239 g/mol. The van der Waals surface area contributed by atoms with Crippen LogP contribution in [0, 0.1) is 6.92 Å². The molecule has 0 saturated carbocycles. The number of aryl methyl sites for hydroxylation is 1. The first-order valence-corrected chi connectivity index (χ1v) is 5.52. The summed E-state index contributed by atoms with van der Waals surface area (Å²) < 4.78 is 9.95. The molecule has 0 aliphatic heterocycles. The first kappa shape index (κ1) is 13.3. The van der Waals surface area contributed by atoms with Gasteiger partial charge in [-0.1, -0.05) is 0 Å². The minimum Gasteiger partial charge on any atom is -0.469 e. The average Bonchev–Trinajstić information content (AvgIpc) is 2.63. The van der Waals surface area contributed by atoms with Gasteiger partial charge in [-0.05, 0) is 26.8 Å². The summed E-state index contributed by atoms with van der Waals surface area (Å²) in [7, 11) is 0. The Morgan fingerprint density at radius 2 is 2.18 bits per heavy atom. The molecule has 0 saturated heterocycles. The van der Waals surface area contributed by atoms with Gasteiger partial charge in [0.1, 0.15) is 5.76 Å². The Morgan fingerprint density at radius 1 is 1.47 bits per heavy atom. The van der Waals surface area contributed by atoms with Gasteiger partial charge in [0.05, 0.1) is 24.4 Å². The van der Waals surface area contributed by atoms with Crippen LogP contribution >= 0.6 is 0 Å². The zero-order valence-corrected chi connectivity index (χ0v) is 10.3. The molecule has 5 heteroatoms. The number of hydrogen-bond acceptors (Lipinski definition) is 4. The maximum absolute atomic E-state index is 11.6. The van der Waals surface area contributed by atoms with Crippen LogP contribution in [-0.4, -0.2) is 24.5 Å². The highest BCUT2D eigenvalue weighted by Crippen LogP contribution is 2.07. The number of hydrogen-bond donors (Lipinski definition) is 1. The Balaban J connectivity index is 2.30. The van der Waals surface area contributed by atoms with Crippen LogP contribution in [0.2, 0.25) is 0 Å². The molecule has 0 unspecified atom stereocenters. The van der Waals surface area contributed by atoms with E-state index in [1.807, 2.05) is 0 Å². The van der Waals surface area contributed by atoms with Crippen molar-refractivity contribution in [3.8, 4) is 0 Å². The lowest BCUT2D eigenvalue weighted by atomic mass is 10.2. The second-order valence-corrected chi connectivity index (χ2v) is 3.93. The second kappa shape index (κ2) is 6.08. The van der Waals surface area contributed by atoms with E-state index in [2.05, 4.69) is 5.32 Å². The van der Waals surface area contributed by atoms with Gasteiger partial charge in [0.15, 0.2) is 0 Å². The molecule has 0 bridgehead atoms. The lowest BCUT2D eigenvalue weighted by molar-refractivity contribution is -0.147. The zero-order valence-electron chi connectivity index (χ0n) is 10.3. The Kier molecular flexibility index (Phi) is 4.75. The van der Waals surface area contributed by atoms with E-state index in [0.717, 1.165) is 0 Å². The zero-order chi connectivity index (χ0) is 12.8. The number of rotatable bonds is 5. The van der Waals surface area contributed by atoms with Gasteiger partial charge in [0.2, 0.25) is 0 Å². The molecule has 0 aliphatic carbocycles. The first-order chi connectivity index (χ1) is 8.00. The van der Waals surface area contributed by atoms with Crippen LogP contribution in [0.5, 0.6) is 0 Å². The molecule has 1 amide bonds. The molecule has 1 N–H and O–H groups in total. The molecular formula is C12H17NO4. The fourth-order valence-electron chi connectivity index (χ4n) is 1.32. The summed E-state index contributed by atoms with van der Waals surface area (Å²) in [6, 6.07) is 1.59. The van der Waals surface area contributed by atoms with Crippen molar-refractivity contribution in [2.24, 2.45) is 0 Å². The Morgan fingerprint density at radius 3 is 2.71 bits per heavy atom. The summed E-state index contributed by atoms with van der Waals surface area (Å²) in [6.45, 7) is 5.54. The number of carbonyl (C=O) groups excluding carboxylic acids is 2. The molecule has 94 valence electrons. The van der Waals surface area contributed by atoms with E-state index in [1.165, 1.54) is 6.26 Å². The van der Waals surface area contributed by atoms with Crippen molar-refractivity contribution in [1.82, 2.24) is 5.32 Å². The summed E-state index contributed by atoms with van der Waals surface area (Å²) in [6.07, 6.45) is 1.49. The highest BCUT2D eigenvalue weighted by Gasteiger charge is 2.11. The molecule has 0 atom stereocenters. The smallest absolute Gasteiger partial charge is 0.307 e. The van der Waals surface area contributed by atoms with E-state index in [1.54, 1.807) is 26.8 Å². The van der Waals surface area contributed by atoms with E-state index in [-0.39, 0.29) is 30.9 Å². The molecular weight excluding hydrogens is 222 g/mol. The van der Waals surface area contributed by atoms with Crippen molar-refractivity contribution in [3.63, 3.8) is 0 Å². The fourth-order valence-corrected chi connectivity index (χ4v) is 1.32. The topological polar surface area (TPSA) is 68.5 Å². The quantitative estimate of drug-likeness (QED) is 0.793. The SMILES string of the molecule is Cc1occc1C(=O)NCCC(=O)OC(C)C. The van der Waals surface area contributed by atoms with Crippen LogP contribution in [0.15, 0.2) is 16.7 Å². The molecule has 17 heavy (non-hydrogen) atoms. The van der Waals surface area contributed by atoms with Crippen LogP contribution < -0.4 is 5.32 Å². The summed E-state index contributed by atoms with van der Waals surface area (Å²) in [5, 5.41) is 2.63. The number of esters is 1. The minimum atomic E-state index is -0.316. The van der Waals surface area contributed by atoms with E-state index in [4.69, 9.17) is 9.15 Å². The van der Waals surface area contributed by atoms with Gasteiger partial charge >= 0.3 is 5.97 Å². The number of furan rings is 1. The van der Waals surface area contributed by atoms with E-state index >= 15 is 0 Å². The van der Waals surface area contributed by atoms with Gasteiger partial charge in [-0.3, -0.25) is 9.59 Å². The van der Waals surface area contributed by atoms with Gasteiger partial charge in [0, 0.05) is 6.54 Å². The molecule has 1 heterocycles. The molecule has 0 aliphatic rings. The normalized spacial score (nSPS) is 10.4. The van der Waals surface area contributed by atoms with E-state index in [0.29, 0.717) is 11.3 Å². The Bertz CT molecular complexity index is 395. The van der Waals surface area contributed by atoms with Gasteiger partial charge in [0.25, 0.3) is 5.91 Å². The maximum Gasteiger partial charge on any atom is 0.307 e. The predicted octanol–water partition coefficient (Wildman–Crippen LogP) is 1.66. The molecule has 1 aromatic rings. The summed E-state index contributed by atoms with van der Waals surface area (Å²) >= 11 is 0. The summed E-state index contributed by atoms with van der Waals surface area (Å²) in [5.41, 5.74) is 0.488. The van der Waals surface area contributed by atoms with Crippen molar-refractivity contribution in [2.45, 2.75) is 33.3 Å². The Hall–Kier alpha value is -1.78. The fraction of sp³-hybridized carbons (Fsp3) is 0.500. The minimum absolute atomic E-state index is 0.130. The lowest BCUT2D eigenvalue weighted by Gasteiger charge is -2.08. The monoisotopic (exact) mass is 239 g/mol. The van der Waals surface area contributed by atoms with Crippen LogP contribution in [0.25, 0.3) is 0 Å². The number of ether oxygens (including phenoxy) is 1. The second-order valence-electron chi connectivity index (χ2n) is 3.93. The van der Waals surface area contributed by atoms with Crippen LogP contribution in [0.1, 0.15) is 36.4 Å². The van der Waals surface area contributed by atoms with Gasteiger partial charge in [-0.2, -0.15) is 0 Å². The number of amides is 1. The van der Waals surface area contributed by atoms with Crippen molar-refractivity contribution in [3.05, 3.63) is 23.7 Å². The molecule has 5 nitrogen and oxygen atoms in total. The third kappa shape index (κ3) is 4.30. The molecule has 1 rings (SSSR count). The molecule has 0 spiro atoms. The van der Waals surface area contributed by atoms with Gasteiger partial charge in [-0.15, -0.1) is 0 Å². The van der Waals surface area contributed by atoms with Crippen molar-refractivity contribution < 1.29 is 18.7 Å². The molecule has 1 aromatic heterocycles. The molecule has 0 aromatic carbocycles. The van der Waals surface area contributed by atoms with E-state index in [9.17, 15) is 9.59 Å². The van der Waals surface area contributed by atoms with Gasteiger partial charge in [-0.25, -0.2) is 0 Å². The predicted molar refractivity (Wildman–Crippen MR) is 61.6 cm³/mol. The number of nitrogens with one attached hydrogen (secondary N) is 1. The Labute approximate surface area is 100 Å². The third-order valence-corrected chi connectivity index (χ3v) is 2.09. The third-order valence-electron chi connectivity index (χ3n) is 2.09. The number of carbonyl (C=O) groups is 2. The largest absolute Gasteiger partial charge is 0.469 e. The van der Waals surface area contributed by atoms with Crippen LogP contribution in [-0.2, 0) is 9.53 Å². The highest BCUT2D eigenvalue weighted by molar-refractivity contribution is 5.95. The van der Waals surface area contributed by atoms with Crippen molar-refractivity contribution in [2.75, 3.05) is 6.54 Å². The summed E-state index contributed by atoms with van der Waals surface area (Å²) in [4.78, 5) is 22.8. The van der Waals surface area contributed by atoms with Crippen molar-refractivity contribution in [1.29, 1.82) is 0 Å². The highest BCUT2D eigenvalue weighted by atomic mass is 16.5. The van der Waals surface area contributed by atoms with Crippen LogP contribution in [0.4, 0.5) is 0 Å². The maximum atomic E-state index is 11.6. The summed E-state index contributed by atoms with van der Waals surface area (Å²) in [5.74, 6) is 0.00469. The van der Waals surface area contributed by atoms with E-state index < -0.39 is 0 Å².